The molecule has 1 fully saturated rings. The van der Waals surface area contributed by atoms with E-state index in [9.17, 15) is 0 Å². The molecule has 3 rings (SSSR count). The molecule has 110 valence electrons. The maximum absolute atomic E-state index is 6.17. The molecule has 1 N–H and O–H groups in total. The predicted molar refractivity (Wildman–Crippen MR) is 83.6 cm³/mol. The summed E-state index contributed by atoms with van der Waals surface area (Å²) in [5, 5.41) is 3.51. The molecule has 0 amide bonds. The highest BCUT2D eigenvalue weighted by atomic mass is 16.5. The lowest BCUT2D eigenvalue weighted by molar-refractivity contribution is 0.105. The molecule has 1 unspecified atom stereocenters. The Balaban J connectivity index is 1.66. The molecule has 3 nitrogen and oxygen atoms in total. The van der Waals surface area contributed by atoms with Gasteiger partial charge in [-0.1, -0.05) is 25.5 Å². The maximum Gasteiger partial charge on any atom is 0.142 e. The zero-order valence-corrected chi connectivity index (χ0v) is 12.5. The Morgan fingerprint density at radius 3 is 3.15 bits per heavy atom. The van der Waals surface area contributed by atoms with Crippen molar-refractivity contribution in [3.8, 4) is 5.75 Å². The Kier molecular flexibility index (Phi) is 4.46. The van der Waals surface area contributed by atoms with Crippen molar-refractivity contribution in [2.75, 3.05) is 31.6 Å². The molecule has 0 spiro atoms. The molecule has 0 bridgehead atoms. The Hall–Kier alpha value is -1.22. The van der Waals surface area contributed by atoms with Crippen molar-refractivity contribution in [3.63, 3.8) is 0 Å². The van der Waals surface area contributed by atoms with Crippen molar-refractivity contribution in [2.24, 2.45) is 0 Å². The maximum atomic E-state index is 6.17. The van der Waals surface area contributed by atoms with E-state index >= 15 is 0 Å². The lowest BCUT2D eigenvalue weighted by Gasteiger charge is -2.34. The Bertz CT molecular complexity index is 447. The molecule has 0 aromatic heterocycles. The van der Waals surface area contributed by atoms with Crippen molar-refractivity contribution in [3.05, 3.63) is 23.8 Å². The van der Waals surface area contributed by atoms with Gasteiger partial charge in [0, 0.05) is 12.6 Å². The summed E-state index contributed by atoms with van der Waals surface area (Å²) in [6.45, 7) is 6.52. The van der Waals surface area contributed by atoms with Gasteiger partial charge in [0.25, 0.3) is 0 Å². The number of hydrogen-bond acceptors (Lipinski definition) is 3. The first-order valence-electron chi connectivity index (χ1n) is 8.11. The second kappa shape index (κ2) is 6.49. The molecule has 1 aromatic carbocycles. The van der Waals surface area contributed by atoms with Crippen molar-refractivity contribution >= 4 is 5.69 Å². The van der Waals surface area contributed by atoms with Crippen LogP contribution in [0.4, 0.5) is 5.69 Å². The third-order valence-electron chi connectivity index (χ3n) is 4.62. The van der Waals surface area contributed by atoms with Gasteiger partial charge in [-0.2, -0.15) is 0 Å². The van der Waals surface area contributed by atoms with Crippen molar-refractivity contribution < 1.29 is 4.74 Å². The summed E-state index contributed by atoms with van der Waals surface area (Å²) < 4.78 is 6.17. The lowest BCUT2D eigenvalue weighted by atomic mass is 10.0. The molecule has 2 aliphatic rings. The zero-order valence-electron chi connectivity index (χ0n) is 12.5. The van der Waals surface area contributed by atoms with Gasteiger partial charge in [-0.3, -0.25) is 4.90 Å². The minimum absolute atomic E-state index is 0.591. The number of nitrogens with zero attached hydrogens (tertiary/aromatic N) is 1. The van der Waals surface area contributed by atoms with Gasteiger partial charge in [-0.15, -0.1) is 0 Å². The number of fused-ring (bicyclic) bond motifs is 1. The highest BCUT2D eigenvalue weighted by Gasteiger charge is 2.22. The molecule has 0 aliphatic carbocycles. The predicted octanol–water partition coefficient (Wildman–Crippen LogP) is 3.30. The average Bonchev–Trinajstić information content (AvgIpc) is 2.53. The molecule has 2 aliphatic heterocycles. The summed E-state index contributed by atoms with van der Waals surface area (Å²) in [4.78, 5) is 2.56. The number of benzene rings is 1. The van der Waals surface area contributed by atoms with E-state index < -0.39 is 0 Å². The Labute approximate surface area is 122 Å². The fourth-order valence-electron chi connectivity index (χ4n) is 3.45. The van der Waals surface area contributed by atoms with Crippen LogP contribution in [0.2, 0.25) is 0 Å². The number of aryl methyl sites for hydroxylation is 1. The zero-order chi connectivity index (χ0) is 13.8. The highest BCUT2D eigenvalue weighted by molar-refractivity contribution is 5.63. The number of para-hydroxylation sites is 1. The van der Waals surface area contributed by atoms with E-state index in [0.717, 1.165) is 25.4 Å². The summed E-state index contributed by atoms with van der Waals surface area (Å²) in [7, 11) is 0. The average molecular weight is 274 g/mol. The van der Waals surface area contributed by atoms with E-state index in [-0.39, 0.29) is 0 Å². The van der Waals surface area contributed by atoms with Gasteiger partial charge >= 0.3 is 0 Å². The van der Waals surface area contributed by atoms with E-state index in [2.05, 4.69) is 35.3 Å². The van der Waals surface area contributed by atoms with E-state index in [1.54, 1.807) is 0 Å². The second-order valence-corrected chi connectivity index (χ2v) is 5.91. The van der Waals surface area contributed by atoms with Crippen molar-refractivity contribution in [2.45, 2.75) is 45.1 Å². The van der Waals surface area contributed by atoms with E-state index in [1.807, 2.05) is 0 Å². The van der Waals surface area contributed by atoms with Crippen molar-refractivity contribution in [1.82, 2.24) is 4.90 Å². The summed E-state index contributed by atoms with van der Waals surface area (Å²) in [5.74, 6) is 1.05. The number of rotatable bonds is 4. The summed E-state index contributed by atoms with van der Waals surface area (Å²) in [6, 6.07) is 7.04. The largest absolute Gasteiger partial charge is 0.490 e. The second-order valence-electron chi connectivity index (χ2n) is 5.91. The van der Waals surface area contributed by atoms with Gasteiger partial charge in [-0.05, 0) is 50.4 Å². The summed E-state index contributed by atoms with van der Waals surface area (Å²) >= 11 is 0. The molecule has 0 radical (unpaired) electrons. The monoisotopic (exact) mass is 274 g/mol. The van der Waals surface area contributed by atoms with E-state index in [1.165, 1.54) is 49.9 Å². The van der Waals surface area contributed by atoms with Crippen LogP contribution in [0.1, 0.15) is 38.2 Å². The smallest absolute Gasteiger partial charge is 0.142 e. The topological polar surface area (TPSA) is 24.5 Å². The van der Waals surface area contributed by atoms with E-state index in [0.29, 0.717) is 6.04 Å². The van der Waals surface area contributed by atoms with Crippen LogP contribution in [0.25, 0.3) is 0 Å². The molecule has 1 atom stereocenters. The number of nitrogens with one attached hydrogen (secondary N) is 1. The molecule has 2 heterocycles. The van der Waals surface area contributed by atoms with Gasteiger partial charge in [0.05, 0.1) is 5.69 Å². The Morgan fingerprint density at radius 1 is 1.30 bits per heavy atom. The number of likely N-dealkylation sites (N-methyl/N-ethyl adjacent to an activating group) is 1. The van der Waals surface area contributed by atoms with Crippen LogP contribution in [0.15, 0.2) is 18.2 Å². The summed E-state index contributed by atoms with van der Waals surface area (Å²) in [5.41, 5.74) is 2.64. The molecule has 1 aromatic rings. The van der Waals surface area contributed by atoms with Crippen LogP contribution in [0.3, 0.4) is 0 Å². The fraction of sp³-hybridized carbons (Fsp3) is 0.647. The van der Waals surface area contributed by atoms with Crippen LogP contribution < -0.4 is 10.1 Å². The SMILES string of the molecule is CCN1CCCCC1COc1cccc2c1NCCC2. The van der Waals surface area contributed by atoms with Crippen molar-refractivity contribution in [1.29, 1.82) is 0 Å². The van der Waals surface area contributed by atoms with Crippen LogP contribution in [-0.4, -0.2) is 37.2 Å². The number of piperidine rings is 1. The van der Waals surface area contributed by atoms with E-state index in [4.69, 9.17) is 4.74 Å². The van der Waals surface area contributed by atoms with Crippen LogP contribution in [0.5, 0.6) is 5.75 Å². The van der Waals surface area contributed by atoms with Gasteiger partial charge < -0.3 is 10.1 Å². The molecule has 20 heavy (non-hydrogen) atoms. The first kappa shape index (κ1) is 13.7. The minimum Gasteiger partial charge on any atom is -0.490 e. The standard InChI is InChI=1S/C17H26N2O/c1-2-19-12-4-3-9-15(19)13-20-16-10-5-7-14-8-6-11-18-17(14)16/h5,7,10,15,18H,2-4,6,8-9,11-13H2,1H3. The van der Waals surface area contributed by atoms with Gasteiger partial charge in [0.2, 0.25) is 0 Å². The Morgan fingerprint density at radius 2 is 2.25 bits per heavy atom. The molecular weight excluding hydrogens is 248 g/mol. The first-order chi connectivity index (χ1) is 9.88. The van der Waals surface area contributed by atoms with Crippen LogP contribution in [0, 0.1) is 0 Å². The molecule has 0 saturated carbocycles. The molecule has 1 saturated heterocycles. The third kappa shape index (κ3) is 2.93. The number of hydrogen-bond donors (Lipinski definition) is 1. The number of anilines is 1. The summed E-state index contributed by atoms with van der Waals surface area (Å²) in [6.07, 6.45) is 6.35. The highest BCUT2D eigenvalue weighted by Crippen LogP contribution is 2.32. The van der Waals surface area contributed by atoms with Crippen LogP contribution >= 0.6 is 0 Å². The van der Waals surface area contributed by atoms with Crippen LogP contribution in [-0.2, 0) is 6.42 Å². The molecular formula is C17H26N2O. The third-order valence-corrected chi connectivity index (χ3v) is 4.62. The fourth-order valence-corrected chi connectivity index (χ4v) is 3.45. The molecule has 3 heteroatoms. The first-order valence-corrected chi connectivity index (χ1v) is 8.11. The number of likely N-dealkylation sites (tertiary alicyclic amines) is 1. The van der Waals surface area contributed by atoms with Gasteiger partial charge in [-0.25, -0.2) is 0 Å². The normalized spacial score (nSPS) is 22.9. The van der Waals surface area contributed by atoms with Gasteiger partial charge in [0.15, 0.2) is 0 Å². The minimum atomic E-state index is 0.591. The quantitative estimate of drug-likeness (QED) is 0.911. The lowest BCUT2D eigenvalue weighted by Crippen LogP contribution is -2.42. The van der Waals surface area contributed by atoms with Gasteiger partial charge in [0.1, 0.15) is 12.4 Å². The number of ether oxygens (including phenoxy) is 1.